The summed E-state index contributed by atoms with van der Waals surface area (Å²) in [6, 6.07) is 0. The van der Waals surface area contributed by atoms with Crippen LogP contribution in [0, 0.1) is 6.92 Å². The first-order valence-corrected chi connectivity index (χ1v) is 6.72. The van der Waals surface area contributed by atoms with Crippen molar-refractivity contribution in [3.05, 3.63) is 17.2 Å². The summed E-state index contributed by atoms with van der Waals surface area (Å²) < 4.78 is 0. The first-order valence-electron chi connectivity index (χ1n) is 6.72. The monoisotopic (exact) mass is 236 g/mol. The van der Waals surface area contributed by atoms with E-state index in [4.69, 9.17) is 10.7 Å². The van der Waals surface area contributed by atoms with Crippen LogP contribution in [0.4, 0.5) is 0 Å². The largest absolute Gasteiger partial charge is 0.346 e. The lowest BCUT2D eigenvalue weighted by molar-refractivity contribution is 0.215. The Morgan fingerprint density at radius 1 is 1.41 bits per heavy atom. The zero-order valence-electron chi connectivity index (χ0n) is 11.0. The van der Waals surface area contributed by atoms with Crippen molar-refractivity contribution in [2.45, 2.75) is 39.0 Å². The second-order valence-corrected chi connectivity index (χ2v) is 4.95. The number of aromatic amines is 1. The minimum Gasteiger partial charge on any atom is -0.346 e. The van der Waals surface area contributed by atoms with Gasteiger partial charge in [0.05, 0.1) is 5.69 Å². The van der Waals surface area contributed by atoms with Gasteiger partial charge in [0, 0.05) is 24.7 Å². The fraction of sp³-hybridized carbons (Fsp3) is 0.769. The maximum Gasteiger partial charge on any atom is 0.109 e. The Kier molecular flexibility index (Phi) is 4.18. The Morgan fingerprint density at radius 3 is 2.65 bits per heavy atom. The normalized spacial score (nSPS) is 18.8. The molecule has 4 nitrogen and oxygen atoms in total. The molecule has 1 aliphatic heterocycles. The quantitative estimate of drug-likeness (QED) is 0.831. The fourth-order valence-electron chi connectivity index (χ4n) is 2.67. The molecule has 1 aromatic heterocycles. The predicted molar refractivity (Wildman–Crippen MR) is 70.2 cm³/mol. The van der Waals surface area contributed by atoms with E-state index in [1.54, 1.807) is 0 Å². The van der Waals surface area contributed by atoms with E-state index < -0.39 is 0 Å². The number of hydrogen-bond acceptors (Lipinski definition) is 3. The van der Waals surface area contributed by atoms with Gasteiger partial charge < -0.3 is 15.6 Å². The van der Waals surface area contributed by atoms with Crippen LogP contribution in [0.15, 0.2) is 0 Å². The lowest BCUT2D eigenvalue weighted by atomic mass is 9.96. The molecule has 0 spiro atoms. The maximum absolute atomic E-state index is 5.59. The molecule has 96 valence electrons. The number of H-pyrrole nitrogens is 1. The predicted octanol–water partition coefficient (Wildman–Crippen LogP) is 1.42. The van der Waals surface area contributed by atoms with E-state index in [9.17, 15) is 0 Å². The molecule has 1 aliphatic rings. The van der Waals surface area contributed by atoms with Gasteiger partial charge in [0.25, 0.3) is 0 Å². The first-order chi connectivity index (χ1) is 8.24. The Hall–Kier alpha value is -0.870. The summed E-state index contributed by atoms with van der Waals surface area (Å²) in [5.41, 5.74) is 8.05. The standard InChI is InChI=1S/C13H24N4/c1-3-12-10(2)15-13(16-12)11-4-7-17(8-5-11)9-6-14/h11H,3-9,14H2,1-2H3,(H,15,16). The maximum atomic E-state index is 5.59. The van der Waals surface area contributed by atoms with Crippen molar-refractivity contribution in [1.82, 2.24) is 14.9 Å². The van der Waals surface area contributed by atoms with E-state index in [1.807, 2.05) is 0 Å². The lowest BCUT2D eigenvalue weighted by Gasteiger charge is -2.30. The molecule has 2 heterocycles. The lowest BCUT2D eigenvalue weighted by Crippen LogP contribution is -2.36. The summed E-state index contributed by atoms with van der Waals surface area (Å²) in [6.07, 6.45) is 3.43. The third kappa shape index (κ3) is 2.87. The van der Waals surface area contributed by atoms with E-state index in [1.165, 1.54) is 30.1 Å². The third-order valence-corrected chi connectivity index (χ3v) is 3.76. The summed E-state index contributed by atoms with van der Waals surface area (Å²) in [6.45, 7) is 8.40. The van der Waals surface area contributed by atoms with Gasteiger partial charge >= 0.3 is 0 Å². The smallest absolute Gasteiger partial charge is 0.109 e. The molecule has 1 aromatic rings. The van der Waals surface area contributed by atoms with Gasteiger partial charge in [-0.15, -0.1) is 0 Å². The average molecular weight is 236 g/mol. The second-order valence-electron chi connectivity index (χ2n) is 4.95. The number of imidazole rings is 1. The minimum absolute atomic E-state index is 0.614. The molecule has 1 fully saturated rings. The van der Waals surface area contributed by atoms with Gasteiger partial charge in [0.2, 0.25) is 0 Å². The van der Waals surface area contributed by atoms with Crippen LogP contribution in [0.25, 0.3) is 0 Å². The molecule has 0 bridgehead atoms. The highest BCUT2D eigenvalue weighted by Gasteiger charge is 2.22. The second kappa shape index (κ2) is 5.65. The van der Waals surface area contributed by atoms with Crippen molar-refractivity contribution < 1.29 is 0 Å². The molecule has 17 heavy (non-hydrogen) atoms. The number of likely N-dealkylation sites (tertiary alicyclic amines) is 1. The summed E-state index contributed by atoms with van der Waals surface area (Å²) in [4.78, 5) is 10.6. The van der Waals surface area contributed by atoms with Crippen molar-refractivity contribution in [2.75, 3.05) is 26.2 Å². The Balaban J connectivity index is 1.95. The third-order valence-electron chi connectivity index (χ3n) is 3.76. The molecule has 0 aromatic carbocycles. The highest BCUT2D eigenvalue weighted by atomic mass is 15.1. The summed E-state index contributed by atoms with van der Waals surface area (Å²) in [5.74, 6) is 1.81. The van der Waals surface area contributed by atoms with Gasteiger partial charge in [-0.05, 0) is 39.3 Å². The molecule has 0 unspecified atom stereocenters. The van der Waals surface area contributed by atoms with Crippen molar-refractivity contribution in [2.24, 2.45) is 5.73 Å². The minimum atomic E-state index is 0.614. The molecule has 0 radical (unpaired) electrons. The Morgan fingerprint density at radius 2 is 2.12 bits per heavy atom. The van der Waals surface area contributed by atoms with Crippen LogP contribution in [-0.4, -0.2) is 41.0 Å². The van der Waals surface area contributed by atoms with Crippen LogP contribution < -0.4 is 5.73 Å². The molecule has 0 saturated carbocycles. The van der Waals surface area contributed by atoms with Crippen molar-refractivity contribution >= 4 is 0 Å². The highest BCUT2D eigenvalue weighted by Crippen LogP contribution is 2.26. The van der Waals surface area contributed by atoms with Crippen molar-refractivity contribution in [1.29, 1.82) is 0 Å². The topological polar surface area (TPSA) is 57.9 Å². The van der Waals surface area contributed by atoms with Crippen LogP contribution in [0.2, 0.25) is 0 Å². The Bertz CT molecular complexity index is 350. The summed E-state index contributed by atoms with van der Waals surface area (Å²) >= 11 is 0. The van der Waals surface area contributed by atoms with Crippen molar-refractivity contribution in [3.63, 3.8) is 0 Å². The number of hydrogen-bond donors (Lipinski definition) is 2. The van der Waals surface area contributed by atoms with Gasteiger partial charge in [-0.3, -0.25) is 0 Å². The van der Waals surface area contributed by atoms with E-state index >= 15 is 0 Å². The summed E-state index contributed by atoms with van der Waals surface area (Å²) in [5, 5.41) is 0. The van der Waals surface area contributed by atoms with Crippen LogP contribution in [0.5, 0.6) is 0 Å². The number of nitrogens with zero attached hydrogens (tertiary/aromatic N) is 2. The SMILES string of the molecule is CCc1nc(C2CCN(CCN)CC2)[nH]c1C. The summed E-state index contributed by atoms with van der Waals surface area (Å²) in [7, 11) is 0. The molecule has 3 N–H and O–H groups in total. The molecule has 2 rings (SSSR count). The molecule has 0 amide bonds. The van der Waals surface area contributed by atoms with Crippen molar-refractivity contribution in [3.8, 4) is 0 Å². The zero-order valence-corrected chi connectivity index (χ0v) is 11.0. The number of piperidine rings is 1. The van der Waals surface area contributed by atoms with E-state index in [0.717, 1.165) is 32.6 Å². The van der Waals surface area contributed by atoms with Crippen LogP contribution in [-0.2, 0) is 6.42 Å². The number of nitrogens with two attached hydrogens (primary N) is 1. The van der Waals surface area contributed by atoms with Crippen LogP contribution in [0.1, 0.15) is 42.9 Å². The molecule has 0 atom stereocenters. The number of rotatable bonds is 4. The van der Waals surface area contributed by atoms with Crippen LogP contribution >= 0.6 is 0 Å². The average Bonchev–Trinajstić information content (AvgIpc) is 2.72. The van der Waals surface area contributed by atoms with E-state index in [-0.39, 0.29) is 0 Å². The van der Waals surface area contributed by atoms with Gasteiger partial charge in [-0.1, -0.05) is 6.92 Å². The number of aryl methyl sites for hydroxylation is 2. The molecular formula is C13H24N4. The highest BCUT2D eigenvalue weighted by molar-refractivity contribution is 5.15. The fourth-order valence-corrected chi connectivity index (χ4v) is 2.67. The number of nitrogens with one attached hydrogen (secondary N) is 1. The first kappa shape index (κ1) is 12.6. The van der Waals surface area contributed by atoms with E-state index in [0.29, 0.717) is 5.92 Å². The van der Waals surface area contributed by atoms with Gasteiger partial charge in [0.1, 0.15) is 5.82 Å². The molecule has 1 saturated heterocycles. The van der Waals surface area contributed by atoms with Gasteiger partial charge in [0.15, 0.2) is 0 Å². The molecular weight excluding hydrogens is 212 g/mol. The zero-order chi connectivity index (χ0) is 12.3. The van der Waals surface area contributed by atoms with Gasteiger partial charge in [-0.2, -0.15) is 0 Å². The van der Waals surface area contributed by atoms with E-state index in [2.05, 4.69) is 23.7 Å². The van der Waals surface area contributed by atoms with Crippen LogP contribution in [0.3, 0.4) is 0 Å². The molecule has 4 heteroatoms. The number of aromatic nitrogens is 2. The molecule has 0 aliphatic carbocycles. The van der Waals surface area contributed by atoms with Gasteiger partial charge in [-0.25, -0.2) is 4.98 Å². The Labute approximate surface area is 104 Å².